The standard InChI is InChI=1S/C28H36N4O7S2/c1-37-18-25(33)32-14-12-20(13-15-32)38-17-22-16-29-28(40-22)30-27(34)26(31-39-21-4-2-3-5-21)19-6-8-23(9-7-19)41(35,36)24-10-11-24/h6-10,16,20-21,35-36H,2-5,11-15,17-18H2,1H3,(H,29,30,34). The van der Waals surface area contributed by atoms with Crippen LogP contribution in [0.5, 0.6) is 0 Å². The van der Waals surface area contributed by atoms with Gasteiger partial charge in [0, 0.05) is 43.3 Å². The predicted octanol–water partition coefficient (Wildman–Crippen LogP) is 5.00. The average Bonchev–Trinajstić information content (AvgIpc) is 3.55. The highest BCUT2D eigenvalue weighted by atomic mass is 32.3. The number of likely N-dealkylation sites (tertiary alicyclic amines) is 1. The van der Waals surface area contributed by atoms with Gasteiger partial charge in [0.2, 0.25) is 5.91 Å². The largest absolute Gasteiger partial charge is 0.392 e. The molecule has 1 aliphatic heterocycles. The van der Waals surface area contributed by atoms with Crippen molar-refractivity contribution in [1.82, 2.24) is 9.88 Å². The Balaban J connectivity index is 1.19. The van der Waals surface area contributed by atoms with Crippen molar-refractivity contribution in [3.8, 4) is 0 Å². The Bertz CT molecular complexity index is 1280. The van der Waals surface area contributed by atoms with Crippen molar-refractivity contribution in [2.75, 3.05) is 32.1 Å². The van der Waals surface area contributed by atoms with Gasteiger partial charge in [0.25, 0.3) is 5.91 Å². The van der Waals surface area contributed by atoms with Gasteiger partial charge in [0.05, 0.1) is 22.5 Å². The van der Waals surface area contributed by atoms with E-state index >= 15 is 0 Å². The number of benzene rings is 1. The number of methoxy groups -OCH3 is 1. The fourth-order valence-corrected chi connectivity index (χ4v) is 6.95. The maximum atomic E-state index is 13.3. The monoisotopic (exact) mass is 604 g/mol. The highest BCUT2D eigenvalue weighted by molar-refractivity contribution is 8.27. The number of ether oxygens (including phenoxy) is 2. The number of hydrogen-bond acceptors (Lipinski definition) is 10. The number of piperidine rings is 1. The molecule has 1 saturated heterocycles. The van der Waals surface area contributed by atoms with E-state index in [1.54, 1.807) is 41.4 Å². The summed E-state index contributed by atoms with van der Waals surface area (Å²) in [6.07, 6.45) is 9.52. The molecule has 11 nitrogen and oxygen atoms in total. The van der Waals surface area contributed by atoms with Crippen LogP contribution in [0.25, 0.3) is 0 Å². The lowest BCUT2D eigenvalue weighted by Gasteiger charge is -2.31. The first-order valence-corrected chi connectivity index (χ1v) is 16.2. The van der Waals surface area contributed by atoms with Gasteiger partial charge in [-0.15, -0.1) is 10.6 Å². The van der Waals surface area contributed by atoms with E-state index in [4.69, 9.17) is 14.3 Å². The van der Waals surface area contributed by atoms with Gasteiger partial charge in [0.15, 0.2) is 10.8 Å². The van der Waals surface area contributed by atoms with E-state index in [0.29, 0.717) is 46.6 Å². The average molecular weight is 605 g/mol. The van der Waals surface area contributed by atoms with Crippen LogP contribution >= 0.6 is 21.9 Å². The van der Waals surface area contributed by atoms with Crippen molar-refractivity contribution in [1.29, 1.82) is 0 Å². The number of hydrogen-bond donors (Lipinski definition) is 3. The van der Waals surface area contributed by atoms with E-state index in [1.807, 2.05) is 0 Å². The lowest BCUT2D eigenvalue weighted by molar-refractivity contribution is -0.137. The molecule has 5 rings (SSSR count). The summed E-state index contributed by atoms with van der Waals surface area (Å²) < 4.78 is 32.0. The molecule has 13 heteroatoms. The number of rotatable bonds is 12. The SMILES string of the molecule is COCC(=O)N1CCC(OCc2cnc(NC(=O)C(=NOC3CCCC3)c3ccc(S(O)(O)C4=CC4)cc3)s2)CC1. The molecule has 3 N–H and O–H groups in total. The van der Waals surface area contributed by atoms with Gasteiger partial charge in [-0.05, 0) is 50.7 Å². The van der Waals surface area contributed by atoms with Crippen LogP contribution in [0.3, 0.4) is 0 Å². The Morgan fingerprint density at radius 3 is 2.49 bits per heavy atom. The second kappa shape index (κ2) is 13.4. The zero-order valence-electron chi connectivity index (χ0n) is 23.0. The molecule has 0 atom stereocenters. The fourth-order valence-electron chi connectivity index (χ4n) is 4.85. The van der Waals surface area contributed by atoms with Gasteiger partial charge >= 0.3 is 0 Å². The van der Waals surface area contributed by atoms with E-state index < -0.39 is 16.5 Å². The van der Waals surface area contributed by atoms with Crippen LogP contribution in [-0.4, -0.2) is 75.5 Å². The molecule has 2 heterocycles. The molecular weight excluding hydrogens is 568 g/mol. The molecule has 2 amide bonds. The van der Waals surface area contributed by atoms with Crippen molar-refractivity contribution in [3.63, 3.8) is 0 Å². The number of nitrogens with zero attached hydrogens (tertiary/aromatic N) is 3. The zero-order chi connectivity index (χ0) is 28.8. The third kappa shape index (κ3) is 7.73. The third-order valence-corrected chi connectivity index (χ3v) is 10.2. The van der Waals surface area contributed by atoms with Crippen LogP contribution in [-0.2, 0) is 30.5 Å². The van der Waals surface area contributed by atoms with Crippen LogP contribution in [0.15, 0.2) is 51.5 Å². The minimum atomic E-state index is -2.98. The first-order chi connectivity index (χ1) is 19.8. The Labute approximate surface area is 244 Å². The van der Waals surface area contributed by atoms with E-state index in [2.05, 4.69) is 15.5 Å². The highest BCUT2D eigenvalue weighted by Crippen LogP contribution is 2.61. The van der Waals surface area contributed by atoms with Crippen LogP contribution in [0.2, 0.25) is 0 Å². The number of thiazole rings is 1. The van der Waals surface area contributed by atoms with Crippen molar-refractivity contribution < 1.29 is 33.0 Å². The molecule has 0 unspecified atom stereocenters. The first-order valence-electron chi connectivity index (χ1n) is 13.8. The molecular formula is C28H36N4O7S2. The smallest absolute Gasteiger partial charge is 0.280 e. The van der Waals surface area contributed by atoms with Crippen molar-refractivity contribution >= 4 is 44.6 Å². The van der Waals surface area contributed by atoms with Crippen molar-refractivity contribution in [2.24, 2.45) is 5.16 Å². The lowest BCUT2D eigenvalue weighted by atomic mass is 10.1. The summed E-state index contributed by atoms with van der Waals surface area (Å²) in [6, 6.07) is 6.52. The number of allylic oxidation sites excluding steroid dienone is 2. The summed E-state index contributed by atoms with van der Waals surface area (Å²) in [5.41, 5.74) is 0.591. The molecule has 1 saturated carbocycles. The molecule has 2 aliphatic carbocycles. The molecule has 0 spiro atoms. The number of aromatic nitrogens is 1. The number of oxime groups is 1. The predicted molar refractivity (Wildman–Crippen MR) is 157 cm³/mol. The van der Waals surface area contributed by atoms with Gasteiger partial charge in [-0.3, -0.25) is 24.0 Å². The van der Waals surface area contributed by atoms with E-state index in [1.165, 1.54) is 18.4 Å². The van der Waals surface area contributed by atoms with Gasteiger partial charge in [-0.2, -0.15) is 0 Å². The molecule has 0 radical (unpaired) electrons. The number of carbonyl (C=O) groups excluding carboxylic acids is 2. The quantitative estimate of drug-likeness (QED) is 0.227. The van der Waals surface area contributed by atoms with Gasteiger partial charge in [-0.25, -0.2) is 4.98 Å². The molecule has 41 heavy (non-hydrogen) atoms. The molecule has 2 aromatic rings. The Kier molecular flexibility index (Phi) is 9.73. The summed E-state index contributed by atoms with van der Waals surface area (Å²) in [5.74, 6) is -0.476. The van der Waals surface area contributed by atoms with Crippen LogP contribution in [0, 0.1) is 0 Å². The van der Waals surface area contributed by atoms with E-state index in [9.17, 15) is 18.7 Å². The van der Waals surface area contributed by atoms with E-state index in [0.717, 1.165) is 43.4 Å². The maximum absolute atomic E-state index is 13.3. The number of amides is 2. The van der Waals surface area contributed by atoms with Gasteiger partial charge < -0.3 is 19.2 Å². The minimum absolute atomic E-state index is 0.00629. The molecule has 2 fully saturated rings. The summed E-state index contributed by atoms with van der Waals surface area (Å²) in [4.78, 5) is 39.1. The summed E-state index contributed by atoms with van der Waals surface area (Å²) >= 11 is 1.32. The molecule has 3 aliphatic rings. The second-order valence-electron chi connectivity index (χ2n) is 10.3. The number of carbonyl (C=O) groups is 2. The topological polar surface area (TPSA) is 143 Å². The van der Waals surface area contributed by atoms with Crippen molar-refractivity contribution in [2.45, 2.75) is 68.7 Å². The minimum Gasteiger partial charge on any atom is -0.392 e. The van der Waals surface area contributed by atoms with Crippen molar-refractivity contribution in [3.05, 3.63) is 51.9 Å². The molecule has 1 aromatic heterocycles. The van der Waals surface area contributed by atoms with E-state index in [-0.39, 0.29) is 30.4 Å². The summed E-state index contributed by atoms with van der Waals surface area (Å²) in [5, 5.41) is 7.47. The van der Waals surface area contributed by atoms with Gasteiger partial charge in [0.1, 0.15) is 12.7 Å². The van der Waals surface area contributed by atoms with Crippen LogP contribution in [0.1, 0.15) is 55.4 Å². The van der Waals surface area contributed by atoms with Gasteiger partial charge in [-0.1, -0.05) is 34.7 Å². The van der Waals surface area contributed by atoms with Crippen LogP contribution in [0.4, 0.5) is 5.13 Å². The molecule has 222 valence electrons. The Hall–Kier alpha value is -2.81. The zero-order valence-corrected chi connectivity index (χ0v) is 24.6. The lowest BCUT2D eigenvalue weighted by Crippen LogP contribution is -2.42. The summed E-state index contributed by atoms with van der Waals surface area (Å²) in [7, 11) is -1.46. The molecule has 0 bridgehead atoms. The van der Waals surface area contributed by atoms with Crippen LogP contribution < -0.4 is 5.32 Å². The number of nitrogens with one attached hydrogen (secondary N) is 1. The summed E-state index contributed by atoms with van der Waals surface area (Å²) in [6.45, 7) is 1.73. The highest BCUT2D eigenvalue weighted by Gasteiger charge is 2.28. The maximum Gasteiger partial charge on any atom is 0.280 e. The second-order valence-corrected chi connectivity index (χ2v) is 13.5. The first kappa shape index (κ1) is 29.7. The normalized spacial score (nSPS) is 18.8. The molecule has 1 aromatic carbocycles. The fraction of sp³-hybridized carbons (Fsp3) is 0.500. The Morgan fingerprint density at radius 2 is 1.83 bits per heavy atom. The number of anilines is 1. The third-order valence-electron chi connectivity index (χ3n) is 7.30. The Morgan fingerprint density at radius 1 is 1.12 bits per heavy atom.